The van der Waals surface area contributed by atoms with Crippen molar-refractivity contribution in [3.05, 3.63) is 51.9 Å². The van der Waals surface area contributed by atoms with E-state index in [2.05, 4.69) is 61.7 Å². The molecule has 2 rings (SSSR count). The summed E-state index contributed by atoms with van der Waals surface area (Å²) in [4.78, 5) is 26.9. The van der Waals surface area contributed by atoms with E-state index in [1.165, 1.54) is 11.6 Å². The van der Waals surface area contributed by atoms with E-state index in [1.807, 2.05) is 17.0 Å². The van der Waals surface area contributed by atoms with E-state index in [-0.39, 0.29) is 11.5 Å². The van der Waals surface area contributed by atoms with Gasteiger partial charge in [-0.1, -0.05) is 39.3 Å². The van der Waals surface area contributed by atoms with Crippen LogP contribution in [0.15, 0.2) is 45.1 Å². The number of likely N-dealkylation sites (N-methyl/N-ethyl adjacent to an activating group) is 1. The molecule has 1 amide bonds. The Hall–Kier alpha value is -2.60. The highest BCUT2D eigenvalue weighted by atomic mass is 16.5. The third-order valence-electron chi connectivity index (χ3n) is 6.07. The second-order valence-corrected chi connectivity index (χ2v) is 11.7. The Labute approximate surface area is 217 Å². The molecule has 1 heterocycles. The van der Waals surface area contributed by atoms with E-state index in [0.717, 1.165) is 49.2 Å². The maximum atomic E-state index is 13.0. The zero-order valence-corrected chi connectivity index (χ0v) is 23.7. The van der Waals surface area contributed by atoms with Crippen LogP contribution in [0.25, 0.3) is 11.0 Å². The van der Waals surface area contributed by atoms with Crippen molar-refractivity contribution in [2.75, 3.05) is 46.9 Å². The zero-order valence-electron chi connectivity index (χ0n) is 23.7. The minimum atomic E-state index is -0.354. The van der Waals surface area contributed by atoms with Gasteiger partial charge in [-0.2, -0.15) is 0 Å². The Morgan fingerprint density at radius 2 is 1.67 bits per heavy atom. The average molecular weight is 500 g/mol. The van der Waals surface area contributed by atoms with E-state index in [9.17, 15) is 9.59 Å². The monoisotopic (exact) mass is 499 g/mol. The number of benzene rings is 1. The van der Waals surface area contributed by atoms with Gasteiger partial charge in [0.05, 0.1) is 27.2 Å². The number of ether oxygens (including phenoxy) is 1. The highest BCUT2D eigenvalue weighted by molar-refractivity contribution is 5.82. The highest BCUT2D eigenvalue weighted by Gasteiger charge is 2.25. The summed E-state index contributed by atoms with van der Waals surface area (Å²) in [6, 6.07) is 7.14. The maximum Gasteiger partial charge on any atom is 0.336 e. The van der Waals surface area contributed by atoms with Gasteiger partial charge in [-0.05, 0) is 63.1 Å². The number of carbonyl (C=O) groups is 1. The lowest BCUT2D eigenvalue weighted by molar-refractivity contribution is -0.883. The van der Waals surface area contributed by atoms with Gasteiger partial charge in [-0.15, -0.1) is 0 Å². The summed E-state index contributed by atoms with van der Waals surface area (Å²) in [7, 11) is 4.26. The smallest absolute Gasteiger partial charge is 0.336 e. The molecular formula is C30H47N2O4+. The van der Waals surface area contributed by atoms with Crippen molar-refractivity contribution in [2.45, 2.75) is 60.8 Å². The molecule has 0 aliphatic rings. The maximum absolute atomic E-state index is 13.0. The van der Waals surface area contributed by atoms with E-state index >= 15 is 0 Å². The lowest BCUT2D eigenvalue weighted by Gasteiger charge is -2.33. The fourth-order valence-corrected chi connectivity index (χ4v) is 4.34. The van der Waals surface area contributed by atoms with E-state index in [1.54, 1.807) is 6.07 Å². The number of amides is 1. The first-order valence-electron chi connectivity index (χ1n) is 13.3. The molecule has 6 nitrogen and oxygen atoms in total. The van der Waals surface area contributed by atoms with Crippen molar-refractivity contribution in [3.63, 3.8) is 0 Å². The predicted octanol–water partition coefficient (Wildman–Crippen LogP) is 5.68. The minimum Gasteiger partial charge on any atom is -0.493 e. The van der Waals surface area contributed by atoms with E-state index in [0.29, 0.717) is 41.5 Å². The minimum absolute atomic E-state index is 0.236. The molecule has 0 atom stereocenters. The molecule has 1 aromatic heterocycles. The molecule has 6 heteroatoms. The topological polar surface area (TPSA) is 59.8 Å². The van der Waals surface area contributed by atoms with Crippen LogP contribution in [0, 0.1) is 11.8 Å². The molecule has 0 fully saturated rings. The Kier molecular flexibility index (Phi) is 11.2. The standard InChI is InChI=1S/C30H47N2O4/c1-22(2)11-14-26-27(15-12-25-13-16-29(34)36-30(25)26)35-18-10-9-17-32(7,8)21-28(33)31(19-23(3)4)20-24(5)6/h11-13,15-16,23-24H,9-10,14,17-21H2,1-8H3/q+1. The average Bonchev–Trinajstić information content (AvgIpc) is 2.76. The number of rotatable bonds is 14. The number of fused-ring (bicyclic) bond motifs is 1. The van der Waals surface area contributed by atoms with Crippen LogP contribution in [-0.4, -0.2) is 62.2 Å². The Morgan fingerprint density at radius 1 is 1.03 bits per heavy atom. The quantitative estimate of drug-likeness (QED) is 0.145. The number of hydrogen-bond acceptors (Lipinski definition) is 4. The van der Waals surface area contributed by atoms with Gasteiger partial charge in [0, 0.05) is 30.1 Å². The molecule has 0 spiro atoms. The number of nitrogens with zero attached hydrogens (tertiary/aromatic N) is 2. The van der Waals surface area contributed by atoms with Crippen LogP contribution >= 0.6 is 0 Å². The predicted molar refractivity (Wildman–Crippen MR) is 148 cm³/mol. The van der Waals surface area contributed by atoms with Crippen LogP contribution in [-0.2, 0) is 11.2 Å². The van der Waals surface area contributed by atoms with Crippen molar-refractivity contribution in [1.82, 2.24) is 4.90 Å². The Balaban J connectivity index is 1.96. The van der Waals surface area contributed by atoms with Crippen LogP contribution in [0.1, 0.15) is 59.9 Å². The van der Waals surface area contributed by atoms with E-state index in [4.69, 9.17) is 9.15 Å². The summed E-state index contributed by atoms with van der Waals surface area (Å²) in [5.41, 5.74) is 2.35. The van der Waals surface area contributed by atoms with Gasteiger partial charge in [0.1, 0.15) is 11.3 Å². The normalized spacial score (nSPS) is 11.8. The van der Waals surface area contributed by atoms with Crippen LogP contribution in [0.2, 0.25) is 0 Å². The Morgan fingerprint density at radius 3 is 2.28 bits per heavy atom. The van der Waals surface area contributed by atoms with Gasteiger partial charge in [0.15, 0.2) is 6.54 Å². The molecule has 0 N–H and O–H groups in total. The molecule has 200 valence electrons. The summed E-state index contributed by atoms with van der Waals surface area (Å²) in [6.07, 6.45) is 4.61. The second-order valence-electron chi connectivity index (χ2n) is 11.7. The molecule has 0 radical (unpaired) electrons. The Bertz CT molecular complexity index is 1070. The lowest BCUT2D eigenvalue weighted by atomic mass is 10.1. The first kappa shape index (κ1) is 29.6. The number of carbonyl (C=O) groups excluding carboxylic acids is 1. The third kappa shape index (κ3) is 9.81. The molecule has 36 heavy (non-hydrogen) atoms. The number of hydrogen-bond donors (Lipinski definition) is 0. The summed E-state index contributed by atoms with van der Waals surface area (Å²) in [5, 5.41) is 0.895. The van der Waals surface area contributed by atoms with E-state index < -0.39 is 0 Å². The van der Waals surface area contributed by atoms with Crippen molar-refractivity contribution in [1.29, 1.82) is 0 Å². The van der Waals surface area contributed by atoms with Gasteiger partial charge >= 0.3 is 5.63 Å². The van der Waals surface area contributed by atoms with Gasteiger partial charge in [-0.3, -0.25) is 4.79 Å². The van der Waals surface area contributed by atoms with Crippen molar-refractivity contribution >= 4 is 16.9 Å². The first-order chi connectivity index (χ1) is 16.9. The van der Waals surface area contributed by atoms with Crippen LogP contribution in [0.3, 0.4) is 0 Å². The number of quaternary nitrogens is 1. The number of allylic oxidation sites excluding steroid dienone is 2. The SMILES string of the molecule is CC(C)=CCc1c(OCCCC[N+](C)(C)CC(=O)N(CC(C)C)CC(C)C)ccc2ccc(=O)oc12. The molecule has 0 bridgehead atoms. The fourth-order valence-electron chi connectivity index (χ4n) is 4.34. The van der Waals surface area contributed by atoms with Gasteiger partial charge in [-0.25, -0.2) is 4.79 Å². The molecule has 0 saturated carbocycles. The van der Waals surface area contributed by atoms with Crippen LogP contribution in [0.5, 0.6) is 5.75 Å². The molecule has 0 saturated heterocycles. The molecule has 2 aromatic rings. The molecule has 0 aliphatic carbocycles. The van der Waals surface area contributed by atoms with Gasteiger partial charge in [0.25, 0.3) is 5.91 Å². The largest absolute Gasteiger partial charge is 0.493 e. The highest BCUT2D eigenvalue weighted by Crippen LogP contribution is 2.28. The molecular weight excluding hydrogens is 452 g/mol. The summed E-state index contributed by atoms with van der Waals surface area (Å²) in [5.74, 6) is 1.92. The summed E-state index contributed by atoms with van der Waals surface area (Å²) < 4.78 is 12.4. The second kappa shape index (κ2) is 13.6. The van der Waals surface area contributed by atoms with Crippen LogP contribution < -0.4 is 10.4 Å². The molecule has 0 unspecified atom stereocenters. The van der Waals surface area contributed by atoms with Gasteiger partial charge in [0.2, 0.25) is 0 Å². The summed E-state index contributed by atoms with van der Waals surface area (Å²) >= 11 is 0. The fraction of sp³-hybridized carbons (Fsp3) is 0.600. The van der Waals surface area contributed by atoms with Crippen molar-refractivity contribution < 1.29 is 18.4 Å². The van der Waals surface area contributed by atoms with Crippen molar-refractivity contribution in [3.8, 4) is 5.75 Å². The zero-order chi connectivity index (χ0) is 26.9. The lowest BCUT2D eigenvalue weighted by Crippen LogP contribution is -2.50. The third-order valence-corrected chi connectivity index (χ3v) is 6.07. The first-order valence-corrected chi connectivity index (χ1v) is 13.3. The van der Waals surface area contributed by atoms with Gasteiger partial charge < -0.3 is 18.5 Å². The molecule has 0 aliphatic heterocycles. The van der Waals surface area contributed by atoms with Crippen LogP contribution in [0.4, 0.5) is 0 Å². The summed E-state index contributed by atoms with van der Waals surface area (Å²) in [6.45, 7) is 16.4. The van der Waals surface area contributed by atoms with Crippen molar-refractivity contribution in [2.24, 2.45) is 11.8 Å². The molecule has 1 aromatic carbocycles. The number of unbranched alkanes of at least 4 members (excludes halogenated alkanes) is 1.